The molecule has 1 N–H and O–H groups in total. The Hall–Kier alpha value is -1.61. The van der Waals surface area contributed by atoms with Crippen molar-refractivity contribution in [1.29, 1.82) is 0 Å². The fourth-order valence-corrected chi connectivity index (χ4v) is 1.21. The second-order valence-corrected chi connectivity index (χ2v) is 3.22. The second kappa shape index (κ2) is 5.98. The Balaban J connectivity index is 2.78. The largest absolute Gasteiger partial charge is 0.411 e. The summed E-state index contributed by atoms with van der Waals surface area (Å²) >= 11 is 0. The first kappa shape index (κ1) is 11.5. The normalized spacial score (nSPS) is 12.9. The highest BCUT2D eigenvalue weighted by atomic mass is 16.5. The predicted molar refractivity (Wildman–Crippen MR) is 60.3 cm³/mol. The van der Waals surface area contributed by atoms with Crippen LogP contribution >= 0.6 is 0 Å². The highest BCUT2D eigenvalue weighted by molar-refractivity contribution is 5.65. The molecule has 0 saturated heterocycles. The maximum atomic E-state index is 8.52. The number of aryl methyl sites for hydroxylation is 1. The lowest BCUT2D eigenvalue weighted by molar-refractivity contribution is 0.125. The van der Waals surface area contributed by atoms with E-state index >= 15 is 0 Å². The van der Waals surface area contributed by atoms with Crippen molar-refractivity contribution in [3.05, 3.63) is 48.0 Å². The third-order valence-corrected chi connectivity index (χ3v) is 2.00. The fraction of sp³-hybridized carbons (Fsp3) is 0.250. The number of hydrogen-bond acceptors (Lipinski definition) is 3. The zero-order chi connectivity index (χ0) is 11.1. The van der Waals surface area contributed by atoms with Crippen molar-refractivity contribution in [1.82, 2.24) is 0 Å². The summed E-state index contributed by atoms with van der Waals surface area (Å²) in [6.07, 6.45) is 2.69. The van der Waals surface area contributed by atoms with Gasteiger partial charge in [0, 0.05) is 0 Å². The molecule has 1 unspecified atom stereocenters. The Morgan fingerprint density at radius 1 is 1.47 bits per heavy atom. The molecule has 3 heteroatoms. The molecule has 0 amide bonds. The van der Waals surface area contributed by atoms with Gasteiger partial charge in [-0.1, -0.05) is 41.1 Å². The third kappa shape index (κ3) is 3.56. The van der Waals surface area contributed by atoms with E-state index in [-0.39, 0.29) is 6.10 Å². The number of oxime groups is 1. The van der Waals surface area contributed by atoms with Crippen molar-refractivity contribution in [3.63, 3.8) is 0 Å². The number of nitrogens with zero attached hydrogens (tertiary/aromatic N) is 1. The van der Waals surface area contributed by atoms with Crippen molar-refractivity contribution in [2.75, 3.05) is 6.61 Å². The van der Waals surface area contributed by atoms with Crippen LogP contribution in [0.2, 0.25) is 0 Å². The van der Waals surface area contributed by atoms with E-state index < -0.39 is 0 Å². The van der Waals surface area contributed by atoms with E-state index in [4.69, 9.17) is 9.94 Å². The van der Waals surface area contributed by atoms with Gasteiger partial charge in [-0.3, -0.25) is 0 Å². The van der Waals surface area contributed by atoms with Gasteiger partial charge in [0.1, 0.15) is 6.10 Å². The molecule has 0 aliphatic rings. The van der Waals surface area contributed by atoms with Crippen LogP contribution in [0.4, 0.5) is 0 Å². The number of ether oxygens (including phenoxy) is 1. The highest BCUT2D eigenvalue weighted by Crippen LogP contribution is 2.16. The summed E-state index contributed by atoms with van der Waals surface area (Å²) < 4.78 is 5.43. The van der Waals surface area contributed by atoms with Gasteiger partial charge in [0.2, 0.25) is 0 Å². The molecule has 1 aromatic rings. The van der Waals surface area contributed by atoms with Gasteiger partial charge < -0.3 is 9.94 Å². The molecule has 0 heterocycles. The molecule has 0 saturated carbocycles. The summed E-state index contributed by atoms with van der Waals surface area (Å²) in [6, 6.07) is 7.88. The minimum Gasteiger partial charge on any atom is -0.411 e. The first-order chi connectivity index (χ1) is 7.27. The highest BCUT2D eigenvalue weighted by Gasteiger charge is 2.08. The van der Waals surface area contributed by atoms with E-state index in [1.165, 1.54) is 11.8 Å². The lowest BCUT2D eigenvalue weighted by Crippen LogP contribution is -2.06. The van der Waals surface area contributed by atoms with Crippen LogP contribution < -0.4 is 0 Å². The number of rotatable bonds is 5. The second-order valence-electron chi connectivity index (χ2n) is 3.22. The van der Waals surface area contributed by atoms with E-state index in [1.54, 1.807) is 6.08 Å². The van der Waals surface area contributed by atoms with E-state index in [9.17, 15) is 0 Å². The maximum Gasteiger partial charge on any atom is 0.121 e. The zero-order valence-electron chi connectivity index (χ0n) is 8.76. The molecular weight excluding hydrogens is 190 g/mol. The Morgan fingerprint density at radius 3 is 2.67 bits per heavy atom. The van der Waals surface area contributed by atoms with Gasteiger partial charge in [0.15, 0.2) is 0 Å². The van der Waals surface area contributed by atoms with Crippen molar-refractivity contribution < 1.29 is 9.94 Å². The van der Waals surface area contributed by atoms with Crippen molar-refractivity contribution in [2.24, 2.45) is 5.16 Å². The molecular formula is C12H15NO2. The van der Waals surface area contributed by atoms with E-state index in [2.05, 4.69) is 11.7 Å². The summed E-state index contributed by atoms with van der Waals surface area (Å²) in [5.74, 6) is 0. The summed E-state index contributed by atoms with van der Waals surface area (Å²) in [5, 5.41) is 11.5. The number of hydrogen-bond donors (Lipinski definition) is 1. The summed E-state index contributed by atoms with van der Waals surface area (Å²) in [7, 11) is 0. The van der Waals surface area contributed by atoms with Crippen LogP contribution in [0.1, 0.15) is 17.2 Å². The number of benzene rings is 1. The van der Waals surface area contributed by atoms with Crippen molar-refractivity contribution in [3.8, 4) is 0 Å². The molecule has 0 bridgehead atoms. The Labute approximate surface area is 89.7 Å². The Bertz CT molecular complexity index is 330. The monoisotopic (exact) mass is 205 g/mol. The SMILES string of the molecule is C=CCOC(/C=N/O)c1ccc(C)cc1. The average Bonchev–Trinajstić information content (AvgIpc) is 2.25. The van der Waals surface area contributed by atoms with Gasteiger partial charge in [-0.25, -0.2) is 0 Å². The summed E-state index contributed by atoms with van der Waals surface area (Å²) in [6.45, 7) is 6.01. The van der Waals surface area contributed by atoms with Gasteiger partial charge >= 0.3 is 0 Å². The molecule has 3 nitrogen and oxygen atoms in total. The van der Waals surface area contributed by atoms with Crippen molar-refractivity contribution >= 4 is 6.21 Å². The Morgan fingerprint density at radius 2 is 2.13 bits per heavy atom. The van der Waals surface area contributed by atoms with Crippen LogP contribution in [0.5, 0.6) is 0 Å². The summed E-state index contributed by atoms with van der Waals surface area (Å²) in [5.41, 5.74) is 2.14. The quantitative estimate of drug-likeness (QED) is 0.347. The van der Waals surface area contributed by atoms with Crippen LogP contribution in [0.15, 0.2) is 42.1 Å². The van der Waals surface area contributed by atoms with Gasteiger partial charge in [-0.05, 0) is 12.5 Å². The lowest BCUT2D eigenvalue weighted by Gasteiger charge is -2.12. The fourth-order valence-electron chi connectivity index (χ4n) is 1.21. The van der Waals surface area contributed by atoms with E-state index in [0.29, 0.717) is 6.61 Å². The first-order valence-electron chi connectivity index (χ1n) is 4.74. The molecule has 0 aromatic heterocycles. The zero-order valence-corrected chi connectivity index (χ0v) is 8.76. The summed E-state index contributed by atoms with van der Waals surface area (Å²) in [4.78, 5) is 0. The molecule has 0 radical (unpaired) electrons. The van der Waals surface area contributed by atoms with Crippen LogP contribution in [0.25, 0.3) is 0 Å². The lowest BCUT2D eigenvalue weighted by atomic mass is 10.1. The van der Waals surface area contributed by atoms with Crippen molar-refractivity contribution in [2.45, 2.75) is 13.0 Å². The molecule has 0 fully saturated rings. The van der Waals surface area contributed by atoms with Gasteiger partial charge in [-0.15, -0.1) is 6.58 Å². The van der Waals surface area contributed by atoms with Crippen LogP contribution in [-0.2, 0) is 4.74 Å². The van der Waals surface area contributed by atoms with Crippen LogP contribution in [0.3, 0.4) is 0 Å². The topological polar surface area (TPSA) is 41.8 Å². The molecule has 0 spiro atoms. The van der Waals surface area contributed by atoms with E-state index in [1.807, 2.05) is 31.2 Å². The van der Waals surface area contributed by atoms with Crippen LogP contribution in [0, 0.1) is 6.92 Å². The smallest absolute Gasteiger partial charge is 0.121 e. The third-order valence-electron chi connectivity index (χ3n) is 2.00. The molecule has 1 aromatic carbocycles. The molecule has 15 heavy (non-hydrogen) atoms. The van der Waals surface area contributed by atoms with E-state index in [0.717, 1.165) is 5.56 Å². The molecule has 1 rings (SSSR count). The predicted octanol–water partition coefficient (Wildman–Crippen LogP) is 2.70. The van der Waals surface area contributed by atoms with Gasteiger partial charge in [0.05, 0.1) is 12.8 Å². The molecule has 0 aliphatic heterocycles. The molecule has 0 aliphatic carbocycles. The maximum absolute atomic E-state index is 8.52. The minimum absolute atomic E-state index is 0.325. The molecule has 1 atom stereocenters. The molecule has 80 valence electrons. The van der Waals surface area contributed by atoms with Crippen LogP contribution in [-0.4, -0.2) is 18.0 Å². The first-order valence-corrected chi connectivity index (χ1v) is 4.74. The standard InChI is InChI=1S/C12H15NO2/c1-3-8-15-12(9-13-14)11-6-4-10(2)5-7-11/h3-7,9,12,14H,1,8H2,2H3/b13-9+. The minimum atomic E-state index is -0.325. The van der Waals surface area contributed by atoms with Gasteiger partial charge in [-0.2, -0.15) is 0 Å². The Kier molecular flexibility index (Phi) is 4.57. The van der Waals surface area contributed by atoms with Gasteiger partial charge in [0.25, 0.3) is 0 Å². The average molecular weight is 205 g/mol.